The van der Waals surface area contributed by atoms with Gasteiger partial charge < -0.3 is 0 Å². The lowest BCUT2D eigenvalue weighted by Gasteiger charge is -2.07. The van der Waals surface area contributed by atoms with E-state index in [0.29, 0.717) is 24.2 Å². The number of aromatic amines is 1. The number of H-pyrrole nitrogens is 1. The van der Waals surface area contributed by atoms with Crippen LogP contribution in [0.25, 0.3) is 0 Å². The minimum atomic E-state index is -0.918. The van der Waals surface area contributed by atoms with Gasteiger partial charge in [0.25, 0.3) is 5.56 Å². The molecule has 0 saturated heterocycles. The van der Waals surface area contributed by atoms with Gasteiger partial charge in [0.05, 0.1) is 5.56 Å². The van der Waals surface area contributed by atoms with E-state index in [-0.39, 0.29) is 17.3 Å². The highest BCUT2D eigenvalue weighted by Crippen LogP contribution is 2.05. The zero-order chi connectivity index (χ0) is 13.0. The normalized spacial score (nSPS) is 12.6. The summed E-state index contributed by atoms with van der Waals surface area (Å²) in [6.07, 6.45) is 2.58. The Balaban J connectivity index is 3.04. The quantitative estimate of drug-likeness (QED) is 0.798. The molecular formula is C10H15ClN2O3S. The van der Waals surface area contributed by atoms with Crippen LogP contribution in [0.2, 0.25) is 5.15 Å². The average molecular weight is 279 g/mol. The Kier molecular flexibility index (Phi) is 5.14. The summed E-state index contributed by atoms with van der Waals surface area (Å²) in [7, 11) is -0.918. The molecule has 1 atom stereocenters. The minimum Gasteiger partial charge on any atom is -0.297 e. The minimum absolute atomic E-state index is 0.109. The van der Waals surface area contributed by atoms with Crippen molar-refractivity contribution in [3.63, 3.8) is 0 Å². The van der Waals surface area contributed by atoms with Gasteiger partial charge in [-0.3, -0.25) is 18.6 Å². The molecule has 0 aromatic carbocycles. The Morgan fingerprint density at radius 2 is 2.06 bits per heavy atom. The van der Waals surface area contributed by atoms with Gasteiger partial charge in [-0.05, 0) is 12.8 Å². The van der Waals surface area contributed by atoms with Crippen molar-refractivity contribution in [2.24, 2.45) is 0 Å². The first-order valence-electron chi connectivity index (χ1n) is 5.28. The second kappa shape index (κ2) is 6.16. The van der Waals surface area contributed by atoms with Gasteiger partial charge in [-0.1, -0.05) is 18.5 Å². The number of halogens is 1. The van der Waals surface area contributed by atoms with Gasteiger partial charge in [0.15, 0.2) is 0 Å². The van der Waals surface area contributed by atoms with Gasteiger partial charge in [0.2, 0.25) is 0 Å². The Labute approximate surface area is 106 Å². The van der Waals surface area contributed by atoms with Gasteiger partial charge in [0.1, 0.15) is 5.15 Å². The Bertz CT molecular complexity index is 535. The van der Waals surface area contributed by atoms with Crippen molar-refractivity contribution in [1.29, 1.82) is 0 Å². The van der Waals surface area contributed by atoms with E-state index in [2.05, 4.69) is 4.98 Å². The molecule has 0 aliphatic rings. The molecule has 0 spiro atoms. The molecule has 96 valence electrons. The standard InChI is InChI=1S/C10H15ClN2O3S/c1-3-7-8(11)12-10(15)13(9(7)14)5-4-6-17(2)16/h3-6H2,1-2H3,(H,12,15). The van der Waals surface area contributed by atoms with Crippen LogP contribution in [0.15, 0.2) is 9.59 Å². The van der Waals surface area contributed by atoms with E-state index in [1.165, 1.54) is 0 Å². The van der Waals surface area contributed by atoms with Crippen molar-refractivity contribution in [3.8, 4) is 0 Å². The maximum absolute atomic E-state index is 11.9. The van der Waals surface area contributed by atoms with Gasteiger partial charge in [-0.15, -0.1) is 0 Å². The zero-order valence-corrected chi connectivity index (χ0v) is 11.4. The Morgan fingerprint density at radius 3 is 2.59 bits per heavy atom. The van der Waals surface area contributed by atoms with E-state index < -0.39 is 16.5 Å². The largest absolute Gasteiger partial charge is 0.329 e. The number of hydrogen-bond acceptors (Lipinski definition) is 3. The molecule has 17 heavy (non-hydrogen) atoms. The fraction of sp³-hybridized carbons (Fsp3) is 0.600. The number of nitrogens with zero attached hydrogens (tertiary/aromatic N) is 1. The van der Waals surface area contributed by atoms with Crippen LogP contribution in [0.4, 0.5) is 0 Å². The lowest BCUT2D eigenvalue weighted by atomic mass is 10.2. The Morgan fingerprint density at radius 1 is 1.41 bits per heavy atom. The average Bonchev–Trinajstić information content (AvgIpc) is 2.22. The molecule has 0 aliphatic heterocycles. The van der Waals surface area contributed by atoms with Crippen LogP contribution < -0.4 is 11.2 Å². The summed E-state index contributed by atoms with van der Waals surface area (Å²) >= 11 is 5.77. The first-order valence-corrected chi connectivity index (χ1v) is 7.39. The molecule has 1 rings (SSSR count). The maximum atomic E-state index is 11.9. The predicted molar refractivity (Wildman–Crippen MR) is 69.3 cm³/mol. The van der Waals surface area contributed by atoms with E-state index in [0.717, 1.165) is 4.57 Å². The fourth-order valence-electron chi connectivity index (χ4n) is 1.52. The van der Waals surface area contributed by atoms with Crippen molar-refractivity contribution in [2.75, 3.05) is 12.0 Å². The summed E-state index contributed by atoms with van der Waals surface area (Å²) in [5.41, 5.74) is -0.467. The van der Waals surface area contributed by atoms with E-state index in [9.17, 15) is 13.8 Å². The van der Waals surface area contributed by atoms with Crippen LogP contribution >= 0.6 is 11.6 Å². The van der Waals surface area contributed by atoms with Gasteiger partial charge in [-0.25, -0.2) is 4.79 Å². The summed E-state index contributed by atoms with van der Waals surface area (Å²) in [5.74, 6) is 0.468. The summed E-state index contributed by atoms with van der Waals surface area (Å²) in [4.78, 5) is 25.9. The van der Waals surface area contributed by atoms with Crippen LogP contribution in [0.1, 0.15) is 18.9 Å². The number of rotatable bonds is 5. The summed E-state index contributed by atoms with van der Waals surface area (Å²) in [6, 6.07) is 0. The third-order valence-corrected chi connectivity index (χ3v) is 3.58. The zero-order valence-electron chi connectivity index (χ0n) is 9.79. The highest BCUT2D eigenvalue weighted by atomic mass is 35.5. The molecule has 5 nitrogen and oxygen atoms in total. The molecule has 1 heterocycles. The summed E-state index contributed by atoms with van der Waals surface area (Å²) in [6.45, 7) is 2.06. The molecule has 7 heteroatoms. The van der Waals surface area contributed by atoms with E-state index in [1.54, 1.807) is 13.2 Å². The van der Waals surface area contributed by atoms with Crippen LogP contribution in [0, 0.1) is 0 Å². The van der Waals surface area contributed by atoms with Crippen molar-refractivity contribution in [2.45, 2.75) is 26.3 Å². The van der Waals surface area contributed by atoms with E-state index >= 15 is 0 Å². The molecule has 0 radical (unpaired) electrons. The first kappa shape index (κ1) is 14.2. The maximum Gasteiger partial charge on any atom is 0.329 e. The summed E-state index contributed by atoms with van der Waals surface area (Å²) < 4.78 is 12.0. The lowest BCUT2D eigenvalue weighted by molar-refractivity contribution is 0.606. The monoisotopic (exact) mass is 278 g/mol. The fourth-order valence-corrected chi connectivity index (χ4v) is 2.35. The number of hydrogen-bond donors (Lipinski definition) is 1. The van der Waals surface area contributed by atoms with Crippen LogP contribution in [-0.2, 0) is 23.8 Å². The second-order valence-corrected chi connectivity index (χ2v) is 5.60. The Hall–Kier alpha value is -0.880. The van der Waals surface area contributed by atoms with Crippen LogP contribution in [-0.4, -0.2) is 25.8 Å². The van der Waals surface area contributed by atoms with Crippen molar-refractivity contribution >= 4 is 22.4 Å². The van der Waals surface area contributed by atoms with Crippen molar-refractivity contribution in [1.82, 2.24) is 9.55 Å². The third-order valence-electron chi connectivity index (χ3n) is 2.40. The molecule has 1 N–H and O–H groups in total. The van der Waals surface area contributed by atoms with Crippen LogP contribution in [0.5, 0.6) is 0 Å². The van der Waals surface area contributed by atoms with Gasteiger partial charge in [0, 0.05) is 29.4 Å². The smallest absolute Gasteiger partial charge is 0.297 e. The first-order chi connectivity index (χ1) is 7.97. The third kappa shape index (κ3) is 3.54. The number of nitrogens with one attached hydrogen (secondary N) is 1. The molecule has 1 aromatic rings. The van der Waals surface area contributed by atoms with Crippen molar-refractivity contribution < 1.29 is 4.21 Å². The topological polar surface area (TPSA) is 71.9 Å². The molecule has 1 unspecified atom stereocenters. The SMILES string of the molecule is CCc1c(Cl)[nH]c(=O)n(CCCS(C)=O)c1=O. The highest BCUT2D eigenvalue weighted by Gasteiger charge is 2.10. The molecule has 0 aliphatic carbocycles. The molecule has 0 amide bonds. The molecule has 0 saturated carbocycles. The summed E-state index contributed by atoms with van der Waals surface area (Å²) in [5, 5.41) is 0.109. The highest BCUT2D eigenvalue weighted by molar-refractivity contribution is 7.84. The number of aromatic nitrogens is 2. The lowest BCUT2D eigenvalue weighted by Crippen LogP contribution is -2.37. The van der Waals surface area contributed by atoms with E-state index in [4.69, 9.17) is 11.6 Å². The molecule has 0 bridgehead atoms. The van der Waals surface area contributed by atoms with Crippen molar-refractivity contribution in [3.05, 3.63) is 31.6 Å². The van der Waals surface area contributed by atoms with Gasteiger partial charge in [-0.2, -0.15) is 0 Å². The molecule has 1 aromatic heterocycles. The predicted octanol–water partition coefficient (Wildman–Crippen LogP) is 0.521. The van der Waals surface area contributed by atoms with Crippen LogP contribution in [0.3, 0.4) is 0 Å². The molecule has 0 fully saturated rings. The molecular weight excluding hydrogens is 264 g/mol. The van der Waals surface area contributed by atoms with E-state index in [1.807, 2.05) is 0 Å². The van der Waals surface area contributed by atoms with Gasteiger partial charge >= 0.3 is 5.69 Å². The second-order valence-electron chi connectivity index (χ2n) is 3.66.